The molecule has 0 saturated heterocycles. The number of nitrogens with one attached hydrogen (secondary N) is 1. The Kier molecular flexibility index (Phi) is 4.31. The smallest absolute Gasteiger partial charge is 0.267 e. The molecule has 3 nitrogen and oxygen atoms in total. The highest BCUT2D eigenvalue weighted by molar-refractivity contribution is 6.30. The number of carbonyl (C=O) groups excluding carboxylic acids is 1. The zero-order valence-corrected chi connectivity index (χ0v) is 11.2. The average Bonchev–Trinajstić information content (AvgIpc) is 2.41. The number of hydrogen-bond acceptors (Lipinski definition) is 2. The summed E-state index contributed by atoms with van der Waals surface area (Å²) in [5.74, 6) is -0.228. The van der Waals surface area contributed by atoms with Crippen molar-refractivity contribution in [2.45, 2.75) is 6.92 Å². The monoisotopic (exact) mass is 272 g/mol. The predicted octanol–water partition coefficient (Wildman–Crippen LogP) is 3.41. The minimum absolute atomic E-state index is 0.228. The van der Waals surface area contributed by atoms with Crippen molar-refractivity contribution in [3.63, 3.8) is 0 Å². The van der Waals surface area contributed by atoms with Gasteiger partial charge >= 0.3 is 0 Å². The van der Waals surface area contributed by atoms with E-state index in [-0.39, 0.29) is 5.91 Å². The van der Waals surface area contributed by atoms with Gasteiger partial charge in [0.2, 0.25) is 0 Å². The average molecular weight is 273 g/mol. The fourth-order valence-electron chi connectivity index (χ4n) is 1.57. The number of hydrogen-bond donors (Lipinski definition) is 1. The number of rotatable bonds is 3. The molecular weight excluding hydrogens is 260 g/mol. The Labute approximate surface area is 116 Å². The number of carbonyl (C=O) groups is 1. The zero-order valence-electron chi connectivity index (χ0n) is 10.4. The Balaban J connectivity index is 1.98. The van der Waals surface area contributed by atoms with Crippen LogP contribution in [0, 0.1) is 6.92 Å². The molecule has 19 heavy (non-hydrogen) atoms. The van der Waals surface area contributed by atoms with E-state index in [9.17, 15) is 4.79 Å². The molecule has 1 amide bonds. The van der Waals surface area contributed by atoms with E-state index < -0.39 is 0 Å². The summed E-state index contributed by atoms with van der Waals surface area (Å²) in [7, 11) is 0. The number of halogens is 1. The van der Waals surface area contributed by atoms with E-state index >= 15 is 0 Å². The van der Waals surface area contributed by atoms with Crippen LogP contribution in [0.5, 0.6) is 0 Å². The van der Waals surface area contributed by atoms with Gasteiger partial charge in [0.15, 0.2) is 0 Å². The van der Waals surface area contributed by atoms with Crippen LogP contribution in [0.2, 0.25) is 5.02 Å². The van der Waals surface area contributed by atoms with Gasteiger partial charge in [-0.2, -0.15) is 5.10 Å². The highest BCUT2D eigenvalue weighted by Gasteiger charge is 2.02. The molecule has 2 aromatic rings. The summed E-state index contributed by atoms with van der Waals surface area (Å²) in [6, 6.07) is 14.5. The molecule has 0 radical (unpaired) electrons. The van der Waals surface area contributed by atoms with Gasteiger partial charge < -0.3 is 0 Å². The number of aryl methyl sites for hydroxylation is 1. The molecule has 0 aliphatic heterocycles. The van der Waals surface area contributed by atoms with Gasteiger partial charge in [0.25, 0.3) is 5.91 Å². The summed E-state index contributed by atoms with van der Waals surface area (Å²) in [5, 5.41) is 4.58. The minimum Gasteiger partial charge on any atom is -0.267 e. The molecule has 0 aliphatic rings. The van der Waals surface area contributed by atoms with Crippen LogP contribution in [0.1, 0.15) is 21.5 Å². The molecule has 0 heterocycles. The van der Waals surface area contributed by atoms with Crippen LogP contribution in [-0.4, -0.2) is 12.1 Å². The summed E-state index contributed by atoms with van der Waals surface area (Å²) < 4.78 is 0. The highest BCUT2D eigenvalue weighted by atomic mass is 35.5. The Morgan fingerprint density at radius 3 is 2.63 bits per heavy atom. The topological polar surface area (TPSA) is 41.5 Å². The molecule has 0 spiro atoms. The molecular formula is C15H13ClN2O. The first kappa shape index (κ1) is 13.3. The molecule has 0 saturated carbocycles. The lowest BCUT2D eigenvalue weighted by atomic mass is 10.1. The van der Waals surface area contributed by atoms with Gasteiger partial charge in [-0.05, 0) is 36.8 Å². The molecule has 0 unspecified atom stereocenters. The van der Waals surface area contributed by atoms with E-state index in [1.54, 1.807) is 24.4 Å². The van der Waals surface area contributed by atoms with Gasteiger partial charge in [0.05, 0.1) is 6.21 Å². The lowest BCUT2D eigenvalue weighted by Gasteiger charge is -2.00. The summed E-state index contributed by atoms with van der Waals surface area (Å²) in [5.41, 5.74) is 4.98. The van der Waals surface area contributed by atoms with Gasteiger partial charge in [0, 0.05) is 10.6 Å². The molecule has 0 aliphatic carbocycles. The Morgan fingerprint density at radius 1 is 1.21 bits per heavy atom. The Morgan fingerprint density at radius 2 is 1.95 bits per heavy atom. The van der Waals surface area contributed by atoms with Crippen molar-refractivity contribution in [3.05, 3.63) is 70.2 Å². The maximum atomic E-state index is 11.8. The molecule has 0 aromatic heterocycles. The van der Waals surface area contributed by atoms with Crippen LogP contribution in [0.15, 0.2) is 53.6 Å². The van der Waals surface area contributed by atoms with Crippen molar-refractivity contribution in [2.75, 3.05) is 0 Å². The Bertz CT molecular complexity index is 606. The van der Waals surface area contributed by atoms with Crippen LogP contribution in [0.3, 0.4) is 0 Å². The number of nitrogens with zero attached hydrogens (tertiary/aromatic N) is 1. The van der Waals surface area contributed by atoms with E-state index in [1.807, 2.05) is 37.3 Å². The van der Waals surface area contributed by atoms with E-state index in [0.29, 0.717) is 10.6 Å². The maximum absolute atomic E-state index is 11.8. The van der Waals surface area contributed by atoms with Gasteiger partial charge in [0.1, 0.15) is 0 Å². The normalized spacial score (nSPS) is 10.6. The third-order valence-corrected chi connectivity index (χ3v) is 2.78. The molecule has 2 rings (SSSR count). The van der Waals surface area contributed by atoms with Crippen LogP contribution in [0.4, 0.5) is 0 Å². The summed E-state index contributed by atoms with van der Waals surface area (Å²) >= 11 is 5.78. The number of benzene rings is 2. The van der Waals surface area contributed by atoms with Gasteiger partial charge in [-0.3, -0.25) is 4.79 Å². The second-order valence-corrected chi connectivity index (χ2v) is 4.56. The summed E-state index contributed by atoms with van der Waals surface area (Å²) in [4.78, 5) is 11.8. The van der Waals surface area contributed by atoms with Crippen molar-refractivity contribution in [3.8, 4) is 0 Å². The van der Waals surface area contributed by atoms with E-state index in [4.69, 9.17) is 11.6 Å². The number of amides is 1. The van der Waals surface area contributed by atoms with Crippen LogP contribution in [-0.2, 0) is 0 Å². The van der Waals surface area contributed by atoms with Gasteiger partial charge in [-0.1, -0.05) is 41.4 Å². The fraction of sp³-hybridized carbons (Fsp3) is 0.0667. The highest BCUT2D eigenvalue weighted by Crippen LogP contribution is 2.08. The van der Waals surface area contributed by atoms with E-state index in [0.717, 1.165) is 11.1 Å². The standard InChI is InChI=1S/C15H13ClN2O/c1-11-3-2-4-13(9-11)15(19)18-17-10-12-5-7-14(16)8-6-12/h2-10H,1H3,(H,18,19). The second kappa shape index (κ2) is 6.16. The Hall–Kier alpha value is -2.13. The summed E-state index contributed by atoms with van der Waals surface area (Å²) in [6.07, 6.45) is 1.57. The van der Waals surface area contributed by atoms with Crippen molar-refractivity contribution in [1.82, 2.24) is 5.43 Å². The predicted molar refractivity (Wildman–Crippen MR) is 77.7 cm³/mol. The number of hydrazone groups is 1. The van der Waals surface area contributed by atoms with Gasteiger partial charge in [-0.25, -0.2) is 5.43 Å². The van der Waals surface area contributed by atoms with Crippen LogP contribution in [0.25, 0.3) is 0 Å². The van der Waals surface area contributed by atoms with Crippen LogP contribution >= 0.6 is 11.6 Å². The SMILES string of the molecule is Cc1cccc(C(=O)NN=Cc2ccc(Cl)cc2)c1. The van der Waals surface area contributed by atoms with E-state index in [2.05, 4.69) is 10.5 Å². The largest absolute Gasteiger partial charge is 0.271 e. The molecule has 0 atom stereocenters. The van der Waals surface area contributed by atoms with Crippen LogP contribution < -0.4 is 5.43 Å². The quantitative estimate of drug-likeness (QED) is 0.675. The zero-order chi connectivity index (χ0) is 13.7. The first-order valence-electron chi connectivity index (χ1n) is 5.81. The van der Waals surface area contributed by atoms with E-state index in [1.165, 1.54) is 0 Å². The second-order valence-electron chi connectivity index (χ2n) is 4.12. The first-order chi connectivity index (χ1) is 9.15. The van der Waals surface area contributed by atoms with Crippen molar-refractivity contribution in [2.24, 2.45) is 5.10 Å². The lowest BCUT2D eigenvalue weighted by Crippen LogP contribution is -2.17. The molecule has 0 bridgehead atoms. The van der Waals surface area contributed by atoms with Gasteiger partial charge in [-0.15, -0.1) is 0 Å². The van der Waals surface area contributed by atoms with Crippen molar-refractivity contribution < 1.29 is 4.79 Å². The third-order valence-electron chi connectivity index (χ3n) is 2.53. The maximum Gasteiger partial charge on any atom is 0.271 e. The minimum atomic E-state index is -0.228. The summed E-state index contributed by atoms with van der Waals surface area (Å²) in [6.45, 7) is 1.94. The molecule has 2 aromatic carbocycles. The molecule has 0 fully saturated rings. The van der Waals surface area contributed by atoms with Crippen molar-refractivity contribution >= 4 is 23.7 Å². The fourth-order valence-corrected chi connectivity index (χ4v) is 1.69. The third kappa shape index (κ3) is 3.93. The lowest BCUT2D eigenvalue weighted by molar-refractivity contribution is 0.0955. The first-order valence-corrected chi connectivity index (χ1v) is 6.18. The molecule has 1 N–H and O–H groups in total. The molecule has 96 valence electrons. The van der Waals surface area contributed by atoms with Crippen molar-refractivity contribution in [1.29, 1.82) is 0 Å². The molecule has 4 heteroatoms.